The van der Waals surface area contributed by atoms with Gasteiger partial charge in [0.25, 0.3) is 5.56 Å². The SMILES string of the molecule is O=C(CCC1CCN(Cc2cc(=O)[nH]c(=O)[nH]2)CC1)NC[C@@H]1CCCO1. The van der Waals surface area contributed by atoms with E-state index in [1.165, 1.54) is 6.07 Å². The molecule has 0 radical (unpaired) electrons. The molecule has 0 spiro atoms. The molecule has 2 aliphatic rings. The average Bonchev–Trinajstić information content (AvgIpc) is 3.12. The van der Waals surface area contributed by atoms with Crippen molar-refractivity contribution in [3.05, 3.63) is 32.6 Å². The van der Waals surface area contributed by atoms with Crippen LogP contribution < -0.4 is 16.6 Å². The second kappa shape index (κ2) is 9.14. The minimum atomic E-state index is -0.462. The van der Waals surface area contributed by atoms with Gasteiger partial charge in [0, 0.05) is 37.9 Å². The van der Waals surface area contributed by atoms with E-state index >= 15 is 0 Å². The van der Waals surface area contributed by atoms with E-state index in [-0.39, 0.29) is 17.6 Å². The van der Waals surface area contributed by atoms with Gasteiger partial charge >= 0.3 is 5.69 Å². The van der Waals surface area contributed by atoms with Crippen molar-refractivity contribution < 1.29 is 9.53 Å². The summed E-state index contributed by atoms with van der Waals surface area (Å²) in [6, 6.07) is 1.44. The van der Waals surface area contributed by atoms with Crippen LogP contribution in [0.3, 0.4) is 0 Å². The van der Waals surface area contributed by atoms with Crippen LogP contribution >= 0.6 is 0 Å². The fourth-order valence-corrected chi connectivity index (χ4v) is 3.74. The zero-order chi connectivity index (χ0) is 18.4. The predicted octanol–water partition coefficient (Wildman–Crippen LogP) is 0.351. The lowest BCUT2D eigenvalue weighted by Gasteiger charge is -2.31. The summed E-state index contributed by atoms with van der Waals surface area (Å²) in [5.41, 5.74) is -0.185. The number of carbonyl (C=O) groups is 1. The summed E-state index contributed by atoms with van der Waals surface area (Å²) >= 11 is 0. The molecule has 0 aromatic carbocycles. The first kappa shape index (κ1) is 18.8. The van der Waals surface area contributed by atoms with E-state index in [0.717, 1.165) is 51.8 Å². The normalized spacial score (nSPS) is 21.8. The number of aromatic amines is 2. The number of rotatable bonds is 7. The van der Waals surface area contributed by atoms with E-state index in [2.05, 4.69) is 20.2 Å². The molecule has 1 atom stereocenters. The fourth-order valence-electron chi connectivity index (χ4n) is 3.74. The molecular weight excluding hydrogens is 336 g/mol. The van der Waals surface area contributed by atoms with Crippen LogP contribution in [-0.4, -0.2) is 53.1 Å². The number of nitrogens with one attached hydrogen (secondary N) is 3. The van der Waals surface area contributed by atoms with Crippen molar-refractivity contribution in [1.29, 1.82) is 0 Å². The number of hydrogen-bond acceptors (Lipinski definition) is 5. The van der Waals surface area contributed by atoms with Crippen molar-refractivity contribution in [2.45, 2.75) is 51.2 Å². The van der Waals surface area contributed by atoms with Gasteiger partial charge in [-0.05, 0) is 51.1 Å². The van der Waals surface area contributed by atoms with E-state index in [1.807, 2.05) is 0 Å². The molecule has 1 aromatic heterocycles. The molecule has 26 heavy (non-hydrogen) atoms. The summed E-state index contributed by atoms with van der Waals surface area (Å²) in [6.45, 7) is 3.85. The summed E-state index contributed by atoms with van der Waals surface area (Å²) in [4.78, 5) is 41.7. The lowest BCUT2D eigenvalue weighted by atomic mass is 9.92. The monoisotopic (exact) mass is 364 g/mol. The Morgan fingerprint density at radius 1 is 1.23 bits per heavy atom. The van der Waals surface area contributed by atoms with Crippen LogP contribution in [0.5, 0.6) is 0 Å². The fraction of sp³-hybridized carbons (Fsp3) is 0.722. The van der Waals surface area contributed by atoms with Crippen LogP contribution in [0.15, 0.2) is 15.7 Å². The van der Waals surface area contributed by atoms with E-state index in [4.69, 9.17) is 4.74 Å². The first-order valence-electron chi connectivity index (χ1n) is 9.51. The highest BCUT2D eigenvalue weighted by atomic mass is 16.5. The summed E-state index contributed by atoms with van der Waals surface area (Å²) < 4.78 is 5.51. The molecule has 144 valence electrons. The highest BCUT2D eigenvalue weighted by Gasteiger charge is 2.21. The number of H-pyrrole nitrogens is 2. The van der Waals surface area contributed by atoms with Crippen molar-refractivity contribution in [2.24, 2.45) is 5.92 Å². The van der Waals surface area contributed by atoms with Gasteiger partial charge in [0.1, 0.15) is 0 Å². The van der Waals surface area contributed by atoms with Gasteiger partial charge < -0.3 is 15.0 Å². The molecule has 0 saturated carbocycles. The van der Waals surface area contributed by atoms with Gasteiger partial charge in [-0.3, -0.25) is 19.5 Å². The quantitative estimate of drug-likeness (QED) is 0.647. The van der Waals surface area contributed by atoms with E-state index < -0.39 is 5.69 Å². The zero-order valence-corrected chi connectivity index (χ0v) is 15.1. The maximum absolute atomic E-state index is 12.0. The molecule has 8 heteroatoms. The molecule has 3 heterocycles. The molecule has 0 aliphatic carbocycles. The second-order valence-electron chi connectivity index (χ2n) is 7.31. The minimum absolute atomic E-state index is 0.115. The Morgan fingerprint density at radius 3 is 2.73 bits per heavy atom. The molecule has 1 aromatic rings. The largest absolute Gasteiger partial charge is 0.376 e. The molecule has 1 amide bonds. The predicted molar refractivity (Wildman–Crippen MR) is 96.9 cm³/mol. The molecule has 2 aliphatic heterocycles. The number of likely N-dealkylation sites (tertiary alicyclic amines) is 1. The summed E-state index contributed by atoms with van der Waals surface area (Å²) in [5, 5.41) is 2.98. The molecule has 3 N–H and O–H groups in total. The van der Waals surface area contributed by atoms with Crippen LogP contribution in [0.4, 0.5) is 0 Å². The van der Waals surface area contributed by atoms with Crippen molar-refractivity contribution in [3.8, 4) is 0 Å². The molecule has 0 bridgehead atoms. The summed E-state index contributed by atoms with van der Waals surface area (Å²) in [5.74, 6) is 0.668. The van der Waals surface area contributed by atoms with Crippen molar-refractivity contribution in [1.82, 2.24) is 20.2 Å². The first-order valence-corrected chi connectivity index (χ1v) is 9.51. The van der Waals surface area contributed by atoms with Crippen molar-refractivity contribution in [2.75, 3.05) is 26.2 Å². The third-order valence-electron chi connectivity index (χ3n) is 5.25. The Morgan fingerprint density at radius 2 is 2.04 bits per heavy atom. The second-order valence-corrected chi connectivity index (χ2v) is 7.31. The molecule has 8 nitrogen and oxygen atoms in total. The van der Waals surface area contributed by atoms with E-state index in [9.17, 15) is 14.4 Å². The van der Waals surface area contributed by atoms with Crippen LogP contribution in [0.25, 0.3) is 0 Å². The van der Waals surface area contributed by atoms with Crippen molar-refractivity contribution in [3.63, 3.8) is 0 Å². The summed E-state index contributed by atoms with van der Waals surface area (Å²) in [7, 11) is 0. The van der Waals surface area contributed by atoms with Crippen LogP contribution in [0.2, 0.25) is 0 Å². The van der Waals surface area contributed by atoms with E-state index in [0.29, 0.717) is 31.1 Å². The number of aromatic nitrogens is 2. The standard InChI is InChI=1S/C18H28N4O4/c23-16(19-11-15-2-1-9-26-15)4-3-13-5-7-22(8-6-13)12-14-10-17(24)21-18(25)20-14/h10,13,15H,1-9,11-12H2,(H,19,23)(H2,20,21,24,25)/t15-/m0/s1. The van der Waals surface area contributed by atoms with Gasteiger partial charge in [0.2, 0.25) is 5.91 Å². The minimum Gasteiger partial charge on any atom is -0.376 e. The van der Waals surface area contributed by atoms with Crippen LogP contribution in [-0.2, 0) is 16.1 Å². The molecular formula is C18H28N4O4. The highest BCUT2D eigenvalue weighted by Crippen LogP contribution is 2.22. The topological polar surface area (TPSA) is 107 Å². The number of hydrogen-bond donors (Lipinski definition) is 3. The third-order valence-corrected chi connectivity index (χ3v) is 5.25. The van der Waals surface area contributed by atoms with Crippen LogP contribution in [0.1, 0.15) is 44.2 Å². The Bertz CT molecular complexity index is 671. The maximum Gasteiger partial charge on any atom is 0.325 e. The van der Waals surface area contributed by atoms with Gasteiger partial charge in [-0.2, -0.15) is 0 Å². The lowest BCUT2D eigenvalue weighted by molar-refractivity contribution is -0.122. The Balaban J connectivity index is 1.33. The molecule has 2 saturated heterocycles. The number of nitrogens with zero attached hydrogens (tertiary/aromatic N) is 1. The van der Waals surface area contributed by atoms with E-state index in [1.54, 1.807) is 0 Å². The highest BCUT2D eigenvalue weighted by molar-refractivity contribution is 5.75. The number of carbonyl (C=O) groups excluding carboxylic acids is 1. The zero-order valence-electron chi connectivity index (χ0n) is 15.1. The Labute approximate surface area is 152 Å². The first-order chi connectivity index (χ1) is 12.6. The Kier molecular flexibility index (Phi) is 6.62. The molecule has 3 rings (SSSR count). The third kappa shape index (κ3) is 5.81. The van der Waals surface area contributed by atoms with Gasteiger partial charge in [-0.15, -0.1) is 0 Å². The van der Waals surface area contributed by atoms with Gasteiger partial charge in [0.15, 0.2) is 0 Å². The van der Waals surface area contributed by atoms with Gasteiger partial charge in [-0.25, -0.2) is 4.79 Å². The lowest BCUT2D eigenvalue weighted by Crippen LogP contribution is -2.36. The molecule has 0 unspecified atom stereocenters. The number of ether oxygens (including phenoxy) is 1. The van der Waals surface area contributed by atoms with Crippen molar-refractivity contribution >= 4 is 5.91 Å². The smallest absolute Gasteiger partial charge is 0.325 e. The van der Waals surface area contributed by atoms with Gasteiger partial charge in [0.05, 0.1) is 6.10 Å². The molecule has 2 fully saturated rings. The maximum atomic E-state index is 12.0. The van der Waals surface area contributed by atoms with Crippen LogP contribution in [0, 0.1) is 5.92 Å². The van der Waals surface area contributed by atoms with Gasteiger partial charge in [-0.1, -0.05) is 0 Å². The summed E-state index contributed by atoms with van der Waals surface area (Å²) in [6.07, 6.45) is 5.87. The average molecular weight is 364 g/mol. The Hall–Kier alpha value is -1.93. The number of piperidine rings is 1. The number of amides is 1.